The van der Waals surface area contributed by atoms with Crippen LogP contribution in [0.2, 0.25) is 0 Å². The molecule has 0 unspecified atom stereocenters. The predicted octanol–water partition coefficient (Wildman–Crippen LogP) is 4.19. The quantitative estimate of drug-likeness (QED) is 0.686. The van der Waals surface area contributed by atoms with Crippen LogP contribution in [-0.2, 0) is 11.0 Å². The molecule has 176 valence electrons. The minimum absolute atomic E-state index is 0.0444. The van der Waals surface area contributed by atoms with Gasteiger partial charge in [0.25, 0.3) is 5.91 Å². The molecule has 1 N–H and O–H groups in total. The fourth-order valence-corrected chi connectivity index (χ4v) is 5.10. The van der Waals surface area contributed by atoms with Crippen LogP contribution >= 0.6 is 11.3 Å². The van der Waals surface area contributed by atoms with Gasteiger partial charge in [-0.1, -0.05) is 13.8 Å². The van der Waals surface area contributed by atoms with E-state index in [1.165, 1.54) is 12.4 Å². The van der Waals surface area contributed by atoms with Crippen LogP contribution in [0.15, 0.2) is 11.4 Å². The molecule has 0 saturated carbocycles. The van der Waals surface area contributed by atoms with Gasteiger partial charge >= 0.3 is 6.18 Å². The topological polar surface area (TPSA) is 65.5 Å². The van der Waals surface area contributed by atoms with Gasteiger partial charge in [0, 0.05) is 44.0 Å². The number of anilines is 1. The summed E-state index contributed by atoms with van der Waals surface area (Å²) in [7, 11) is 1.43. The SMILES string of the molecule is CNC(=O)c1csc2c(C(F)(F)F)cc(N3CCN(CC(=O)CC(C)C)C(C)(C)C3)nc12. The second-order valence-electron chi connectivity index (χ2n) is 9.22. The van der Waals surface area contributed by atoms with E-state index in [1.54, 1.807) is 0 Å². The van der Waals surface area contributed by atoms with Gasteiger partial charge in [0.05, 0.1) is 27.9 Å². The van der Waals surface area contributed by atoms with Crippen LogP contribution in [-0.4, -0.2) is 60.3 Å². The van der Waals surface area contributed by atoms with E-state index in [0.717, 1.165) is 17.4 Å². The summed E-state index contributed by atoms with van der Waals surface area (Å²) in [4.78, 5) is 32.9. The Morgan fingerprint density at radius 2 is 1.97 bits per heavy atom. The minimum atomic E-state index is -4.57. The summed E-state index contributed by atoms with van der Waals surface area (Å²) in [6, 6.07) is 1.07. The highest BCUT2D eigenvalue weighted by Gasteiger charge is 2.38. The fraction of sp³-hybridized carbons (Fsp3) is 0.591. The third-order valence-corrected chi connectivity index (χ3v) is 6.69. The Balaban J connectivity index is 1.94. The van der Waals surface area contributed by atoms with Crippen molar-refractivity contribution in [2.75, 3.05) is 38.1 Å². The number of alkyl halides is 3. The number of piperazine rings is 1. The van der Waals surface area contributed by atoms with E-state index in [1.807, 2.05) is 32.6 Å². The van der Waals surface area contributed by atoms with Crippen molar-refractivity contribution in [1.29, 1.82) is 0 Å². The molecule has 3 heterocycles. The third kappa shape index (κ3) is 5.06. The first-order valence-corrected chi connectivity index (χ1v) is 11.4. The van der Waals surface area contributed by atoms with Gasteiger partial charge in [-0.25, -0.2) is 4.98 Å². The maximum atomic E-state index is 13.8. The summed E-state index contributed by atoms with van der Waals surface area (Å²) in [5, 5.41) is 3.88. The average Bonchev–Trinajstić information content (AvgIpc) is 3.10. The second-order valence-corrected chi connectivity index (χ2v) is 10.1. The highest BCUT2D eigenvalue weighted by atomic mass is 32.1. The van der Waals surface area contributed by atoms with Crippen LogP contribution in [0.25, 0.3) is 10.2 Å². The molecular formula is C22H29F3N4O2S. The average molecular weight is 471 g/mol. The Bertz CT molecular complexity index is 1020. The molecule has 1 amide bonds. The number of nitrogens with one attached hydrogen (secondary N) is 1. The normalized spacial score (nSPS) is 17.2. The zero-order valence-electron chi connectivity index (χ0n) is 19.0. The number of aromatic nitrogens is 1. The number of fused-ring (bicyclic) bond motifs is 1. The van der Waals surface area contributed by atoms with Gasteiger partial charge < -0.3 is 10.2 Å². The van der Waals surface area contributed by atoms with Gasteiger partial charge in [0.2, 0.25) is 0 Å². The van der Waals surface area contributed by atoms with Crippen LogP contribution in [0.5, 0.6) is 0 Å². The third-order valence-electron chi connectivity index (χ3n) is 5.69. The Labute approximate surface area is 189 Å². The lowest BCUT2D eigenvalue weighted by atomic mass is 9.97. The van der Waals surface area contributed by atoms with Gasteiger partial charge in [0.1, 0.15) is 11.6 Å². The largest absolute Gasteiger partial charge is 0.417 e. The van der Waals surface area contributed by atoms with Crippen molar-refractivity contribution in [3.63, 3.8) is 0 Å². The molecule has 3 rings (SSSR count). The first-order chi connectivity index (χ1) is 14.8. The number of hydrogen-bond acceptors (Lipinski definition) is 6. The van der Waals surface area contributed by atoms with Gasteiger partial charge in [-0.05, 0) is 25.8 Å². The zero-order valence-corrected chi connectivity index (χ0v) is 19.8. The minimum Gasteiger partial charge on any atom is -0.355 e. The van der Waals surface area contributed by atoms with Crippen molar-refractivity contribution in [2.45, 2.75) is 45.8 Å². The van der Waals surface area contributed by atoms with E-state index in [0.29, 0.717) is 32.6 Å². The summed E-state index contributed by atoms with van der Waals surface area (Å²) >= 11 is 0.871. The predicted molar refractivity (Wildman–Crippen MR) is 120 cm³/mol. The number of pyridine rings is 1. The summed E-state index contributed by atoms with van der Waals surface area (Å²) in [6.45, 7) is 9.66. The lowest BCUT2D eigenvalue weighted by Crippen LogP contribution is -2.60. The molecule has 0 radical (unpaired) electrons. The number of carbonyl (C=O) groups is 2. The molecule has 1 aliphatic heterocycles. The number of Topliss-reactive ketones (excluding diaryl/α,β-unsaturated/α-hetero) is 1. The second kappa shape index (κ2) is 8.97. The summed E-state index contributed by atoms with van der Waals surface area (Å²) < 4.78 is 41.5. The Morgan fingerprint density at radius 3 is 2.53 bits per heavy atom. The molecule has 0 atom stereocenters. The molecule has 0 aliphatic carbocycles. The first kappa shape index (κ1) is 24.4. The number of ketones is 1. The van der Waals surface area contributed by atoms with Gasteiger partial charge in [0.15, 0.2) is 0 Å². The molecular weight excluding hydrogens is 441 g/mol. The molecule has 1 aliphatic rings. The molecule has 6 nitrogen and oxygen atoms in total. The highest BCUT2D eigenvalue weighted by molar-refractivity contribution is 7.17. The maximum absolute atomic E-state index is 13.8. The van der Waals surface area contributed by atoms with Crippen molar-refractivity contribution in [1.82, 2.24) is 15.2 Å². The fourth-order valence-electron chi connectivity index (χ4n) is 4.08. The highest BCUT2D eigenvalue weighted by Crippen LogP contribution is 2.40. The van der Waals surface area contributed by atoms with Crippen LogP contribution in [0, 0.1) is 5.92 Å². The first-order valence-electron chi connectivity index (χ1n) is 10.6. The lowest BCUT2D eigenvalue weighted by Gasteiger charge is -2.47. The standard InChI is InChI=1S/C22H29F3N4O2S/c1-13(2)8-14(30)10-29-7-6-28(12-21(29,3)4)17-9-16(22(23,24)25)19-18(27-17)15(11-32-19)20(31)26-5/h9,11,13H,6-8,10,12H2,1-5H3,(H,26,31). The lowest BCUT2D eigenvalue weighted by molar-refractivity contribution is -0.136. The van der Waals surface area contributed by atoms with Crippen LogP contribution in [0.1, 0.15) is 50.0 Å². The van der Waals surface area contributed by atoms with Crippen LogP contribution in [0.4, 0.5) is 19.0 Å². The van der Waals surface area contributed by atoms with E-state index in [4.69, 9.17) is 0 Å². The van der Waals surface area contributed by atoms with Crippen LogP contribution < -0.4 is 10.2 Å². The molecule has 0 spiro atoms. The Hall–Kier alpha value is -2.20. The number of rotatable bonds is 6. The van der Waals surface area contributed by atoms with Crippen molar-refractivity contribution in [2.24, 2.45) is 5.92 Å². The van der Waals surface area contributed by atoms with Crippen molar-refractivity contribution in [3.8, 4) is 0 Å². The molecule has 2 aromatic rings. The van der Waals surface area contributed by atoms with Crippen molar-refractivity contribution >= 4 is 39.1 Å². The number of thiophene rings is 1. The number of hydrogen-bond donors (Lipinski definition) is 1. The molecule has 1 saturated heterocycles. The molecule has 2 aromatic heterocycles. The van der Waals surface area contributed by atoms with E-state index in [-0.39, 0.29) is 33.3 Å². The van der Waals surface area contributed by atoms with Crippen molar-refractivity contribution in [3.05, 3.63) is 22.6 Å². The van der Waals surface area contributed by atoms with E-state index >= 15 is 0 Å². The van der Waals surface area contributed by atoms with E-state index < -0.39 is 23.2 Å². The molecule has 0 bridgehead atoms. The Morgan fingerprint density at radius 1 is 1.28 bits per heavy atom. The molecule has 1 fully saturated rings. The number of nitrogens with zero attached hydrogens (tertiary/aromatic N) is 3. The summed E-state index contributed by atoms with van der Waals surface area (Å²) in [5.74, 6) is 0.162. The Kier molecular flexibility index (Phi) is 6.86. The van der Waals surface area contributed by atoms with Crippen molar-refractivity contribution < 1.29 is 22.8 Å². The van der Waals surface area contributed by atoms with Gasteiger partial charge in [-0.15, -0.1) is 11.3 Å². The maximum Gasteiger partial charge on any atom is 0.417 e. The number of carbonyl (C=O) groups excluding carboxylic acids is 2. The molecule has 32 heavy (non-hydrogen) atoms. The monoisotopic (exact) mass is 470 g/mol. The van der Waals surface area contributed by atoms with E-state index in [9.17, 15) is 22.8 Å². The molecule has 0 aromatic carbocycles. The van der Waals surface area contributed by atoms with E-state index in [2.05, 4.69) is 15.2 Å². The van der Waals surface area contributed by atoms with Gasteiger partial charge in [-0.3, -0.25) is 14.5 Å². The smallest absolute Gasteiger partial charge is 0.355 e. The zero-order chi connectivity index (χ0) is 23.8. The molecule has 10 heteroatoms. The number of amides is 1. The summed E-state index contributed by atoms with van der Waals surface area (Å²) in [6.07, 6.45) is -4.06. The van der Waals surface area contributed by atoms with Gasteiger partial charge in [-0.2, -0.15) is 13.2 Å². The van der Waals surface area contributed by atoms with Crippen LogP contribution in [0.3, 0.4) is 0 Å². The summed E-state index contributed by atoms with van der Waals surface area (Å²) in [5.41, 5.74) is -1.02. The number of halogens is 3.